The van der Waals surface area contributed by atoms with Crippen LogP contribution in [-0.4, -0.2) is 55.0 Å². The van der Waals surface area contributed by atoms with E-state index in [4.69, 9.17) is 19.3 Å². The van der Waals surface area contributed by atoms with E-state index in [1.165, 1.54) is 0 Å². The molecule has 2 rings (SSSR count). The molecule has 0 radical (unpaired) electrons. The van der Waals surface area contributed by atoms with Crippen LogP contribution in [-0.2, 0) is 20.7 Å². The van der Waals surface area contributed by atoms with Gasteiger partial charge in [-0.2, -0.15) is 0 Å². The van der Waals surface area contributed by atoms with Gasteiger partial charge in [-0.25, -0.2) is 0 Å². The number of carbonyl (C=O) groups excluding carboxylic acids is 1. The van der Waals surface area contributed by atoms with E-state index in [1.807, 2.05) is 13.0 Å². The topological polar surface area (TPSA) is 85.3 Å². The van der Waals surface area contributed by atoms with E-state index in [9.17, 15) is 9.59 Å². The molecule has 0 aliphatic carbocycles. The first-order valence-corrected chi connectivity index (χ1v) is 8.48. The van der Waals surface area contributed by atoms with Gasteiger partial charge in [0, 0.05) is 26.3 Å². The molecule has 1 aromatic carbocycles. The highest BCUT2D eigenvalue weighted by Gasteiger charge is 2.21. The molecule has 1 atom stereocenters. The van der Waals surface area contributed by atoms with Gasteiger partial charge in [-0.05, 0) is 31.0 Å². The van der Waals surface area contributed by atoms with Crippen LogP contribution in [0.15, 0.2) is 18.2 Å². The van der Waals surface area contributed by atoms with Gasteiger partial charge in [-0.15, -0.1) is 0 Å². The molecule has 7 heteroatoms. The Bertz CT molecular complexity index is 603. The number of hydrogen-bond donors (Lipinski definition) is 1. The Morgan fingerprint density at radius 1 is 1.32 bits per heavy atom. The van der Waals surface area contributed by atoms with Crippen molar-refractivity contribution in [1.29, 1.82) is 0 Å². The van der Waals surface area contributed by atoms with Crippen LogP contribution in [0.4, 0.5) is 0 Å². The molecule has 0 fully saturated rings. The minimum Gasteiger partial charge on any atom is -0.481 e. The Labute approximate surface area is 147 Å². The summed E-state index contributed by atoms with van der Waals surface area (Å²) >= 11 is 0. The van der Waals surface area contributed by atoms with Gasteiger partial charge in [0.15, 0.2) is 11.5 Å². The standard InChI is InChI=1S/C18H25NO6/c1-3-23-8-4-7-19(11-13(2)18(21)22)17(20)10-14-5-6-15-16(9-14)25-12-24-15/h5-6,9,13H,3-4,7-8,10-12H2,1-2H3,(H,21,22). The summed E-state index contributed by atoms with van der Waals surface area (Å²) < 4.78 is 15.9. The SMILES string of the molecule is CCOCCCN(CC(C)C(=O)O)C(=O)Cc1ccc2c(c1)OCO2. The van der Waals surface area contributed by atoms with Crippen LogP contribution in [0.2, 0.25) is 0 Å². The Morgan fingerprint density at radius 3 is 2.80 bits per heavy atom. The van der Waals surface area contributed by atoms with Crippen molar-refractivity contribution >= 4 is 11.9 Å². The second-order valence-corrected chi connectivity index (χ2v) is 5.99. The fraction of sp³-hybridized carbons (Fsp3) is 0.556. The van der Waals surface area contributed by atoms with Crippen LogP contribution in [0.1, 0.15) is 25.8 Å². The smallest absolute Gasteiger partial charge is 0.308 e. The minimum atomic E-state index is -0.911. The van der Waals surface area contributed by atoms with Crippen molar-refractivity contribution in [1.82, 2.24) is 4.90 Å². The molecule has 1 unspecified atom stereocenters. The summed E-state index contributed by atoms with van der Waals surface area (Å²) in [7, 11) is 0. The molecule has 0 saturated heterocycles. The number of fused-ring (bicyclic) bond motifs is 1. The second-order valence-electron chi connectivity index (χ2n) is 5.99. The molecule has 1 heterocycles. The maximum absolute atomic E-state index is 12.7. The third kappa shape index (κ3) is 5.63. The average Bonchev–Trinajstić information content (AvgIpc) is 3.04. The summed E-state index contributed by atoms with van der Waals surface area (Å²) in [6.07, 6.45) is 0.866. The first-order valence-electron chi connectivity index (χ1n) is 8.48. The van der Waals surface area contributed by atoms with Gasteiger partial charge < -0.3 is 24.2 Å². The van der Waals surface area contributed by atoms with Crippen LogP contribution < -0.4 is 9.47 Å². The maximum Gasteiger partial charge on any atom is 0.308 e. The summed E-state index contributed by atoms with van der Waals surface area (Å²) in [5.41, 5.74) is 0.812. The molecular formula is C18H25NO6. The third-order valence-corrected chi connectivity index (χ3v) is 3.98. The monoisotopic (exact) mass is 351 g/mol. The van der Waals surface area contributed by atoms with E-state index in [-0.39, 0.29) is 25.7 Å². The van der Waals surface area contributed by atoms with Crippen LogP contribution in [0, 0.1) is 5.92 Å². The van der Waals surface area contributed by atoms with Gasteiger partial charge in [0.2, 0.25) is 12.7 Å². The predicted octanol–water partition coefficient (Wildman–Crippen LogP) is 1.93. The van der Waals surface area contributed by atoms with Crippen LogP contribution in [0.25, 0.3) is 0 Å². The molecule has 1 N–H and O–H groups in total. The number of aliphatic carboxylic acids is 1. The highest BCUT2D eigenvalue weighted by Crippen LogP contribution is 2.32. The second kappa shape index (κ2) is 9.27. The number of hydrogen-bond acceptors (Lipinski definition) is 5. The van der Waals surface area contributed by atoms with Crippen molar-refractivity contribution in [2.75, 3.05) is 33.1 Å². The molecule has 1 amide bonds. The van der Waals surface area contributed by atoms with E-state index in [0.717, 1.165) is 5.56 Å². The van der Waals surface area contributed by atoms with Gasteiger partial charge in [-0.1, -0.05) is 13.0 Å². The Morgan fingerprint density at radius 2 is 2.08 bits per heavy atom. The van der Waals surface area contributed by atoms with Crippen LogP contribution in [0.5, 0.6) is 11.5 Å². The number of carboxylic acids is 1. The number of amides is 1. The lowest BCUT2D eigenvalue weighted by Gasteiger charge is -2.24. The fourth-order valence-corrected chi connectivity index (χ4v) is 2.57. The molecule has 1 aliphatic rings. The van der Waals surface area contributed by atoms with Crippen LogP contribution >= 0.6 is 0 Å². The number of carbonyl (C=O) groups is 2. The van der Waals surface area contributed by atoms with E-state index in [2.05, 4.69) is 0 Å². The average molecular weight is 351 g/mol. The molecule has 0 bridgehead atoms. The molecule has 0 aromatic heterocycles. The molecule has 1 aromatic rings. The number of carboxylic acid groups (broad SMARTS) is 1. The first-order chi connectivity index (χ1) is 12.0. The van der Waals surface area contributed by atoms with Crippen molar-refractivity contribution < 1.29 is 28.9 Å². The lowest BCUT2D eigenvalue weighted by atomic mass is 10.1. The highest BCUT2D eigenvalue weighted by molar-refractivity contribution is 5.80. The Hall–Kier alpha value is -2.28. The molecule has 7 nitrogen and oxygen atoms in total. The Kier molecular flexibility index (Phi) is 7.06. The van der Waals surface area contributed by atoms with Crippen molar-refractivity contribution in [2.45, 2.75) is 26.7 Å². The summed E-state index contributed by atoms with van der Waals surface area (Å²) in [6, 6.07) is 5.40. The summed E-state index contributed by atoms with van der Waals surface area (Å²) in [4.78, 5) is 25.4. The van der Waals surface area contributed by atoms with Crippen molar-refractivity contribution in [2.24, 2.45) is 5.92 Å². The van der Waals surface area contributed by atoms with Gasteiger partial charge in [0.05, 0.1) is 12.3 Å². The molecule has 1 aliphatic heterocycles. The van der Waals surface area contributed by atoms with Crippen LogP contribution in [0.3, 0.4) is 0 Å². The summed E-state index contributed by atoms with van der Waals surface area (Å²) in [5, 5.41) is 9.12. The first kappa shape index (κ1) is 19.1. The molecule has 0 saturated carbocycles. The van der Waals surface area contributed by atoms with E-state index >= 15 is 0 Å². The van der Waals surface area contributed by atoms with Crippen molar-refractivity contribution in [3.63, 3.8) is 0 Å². The fourth-order valence-electron chi connectivity index (χ4n) is 2.57. The number of nitrogens with zero attached hydrogens (tertiary/aromatic N) is 1. The highest BCUT2D eigenvalue weighted by atomic mass is 16.7. The summed E-state index contributed by atoms with van der Waals surface area (Å²) in [6.45, 7) is 5.53. The van der Waals surface area contributed by atoms with Gasteiger partial charge in [0.1, 0.15) is 0 Å². The normalized spacial score (nSPS) is 13.5. The van der Waals surface area contributed by atoms with E-state index < -0.39 is 11.9 Å². The van der Waals surface area contributed by atoms with Gasteiger partial charge in [-0.3, -0.25) is 9.59 Å². The minimum absolute atomic E-state index is 0.108. The van der Waals surface area contributed by atoms with E-state index in [0.29, 0.717) is 37.7 Å². The largest absolute Gasteiger partial charge is 0.481 e. The quantitative estimate of drug-likeness (QED) is 0.649. The predicted molar refractivity (Wildman–Crippen MR) is 90.8 cm³/mol. The molecule has 138 valence electrons. The number of ether oxygens (including phenoxy) is 3. The Balaban J connectivity index is 1.98. The van der Waals surface area contributed by atoms with Gasteiger partial charge in [0.25, 0.3) is 0 Å². The zero-order chi connectivity index (χ0) is 18.2. The van der Waals surface area contributed by atoms with Crippen molar-refractivity contribution in [3.8, 4) is 11.5 Å². The number of benzene rings is 1. The summed E-state index contributed by atoms with van der Waals surface area (Å²) in [5.74, 6) is -0.335. The maximum atomic E-state index is 12.7. The zero-order valence-electron chi connectivity index (χ0n) is 14.7. The molecular weight excluding hydrogens is 326 g/mol. The molecule has 0 spiro atoms. The van der Waals surface area contributed by atoms with Crippen molar-refractivity contribution in [3.05, 3.63) is 23.8 Å². The lowest BCUT2D eigenvalue weighted by molar-refractivity contribution is -0.143. The molecule has 25 heavy (non-hydrogen) atoms. The third-order valence-electron chi connectivity index (χ3n) is 3.98. The van der Waals surface area contributed by atoms with E-state index in [1.54, 1.807) is 24.0 Å². The zero-order valence-corrected chi connectivity index (χ0v) is 14.7. The van der Waals surface area contributed by atoms with Gasteiger partial charge >= 0.3 is 5.97 Å². The number of rotatable bonds is 10. The lowest BCUT2D eigenvalue weighted by Crippen LogP contribution is -2.38.